The summed E-state index contributed by atoms with van der Waals surface area (Å²) in [6.07, 6.45) is 0. The summed E-state index contributed by atoms with van der Waals surface area (Å²) in [5.41, 5.74) is 14.1. The normalized spacial score (nSPS) is 15.6. The van der Waals surface area contributed by atoms with Crippen LogP contribution in [0.3, 0.4) is 0 Å². The average molecular weight is 657 g/mol. The van der Waals surface area contributed by atoms with Crippen LogP contribution in [0.2, 0.25) is 26.2 Å². The summed E-state index contributed by atoms with van der Waals surface area (Å²) in [4.78, 5) is 0. The molecule has 0 aromatic heterocycles. The molecule has 0 amide bonds. The topological polar surface area (TPSA) is 0 Å². The Bertz CT molecular complexity index is 2110. The smallest absolute Gasteiger partial charge is 0.0620 e. The maximum Gasteiger partial charge on any atom is 0.113 e. The third-order valence-electron chi connectivity index (χ3n) is 11.6. The van der Waals surface area contributed by atoms with Gasteiger partial charge in [0.15, 0.2) is 0 Å². The Hall–Kier alpha value is -3.99. The first-order valence-corrected chi connectivity index (χ1v) is 23.7. The zero-order valence-corrected chi connectivity index (χ0v) is 32.4. The van der Waals surface area contributed by atoms with Crippen molar-refractivity contribution in [2.24, 2.45) is 0 Å². The van der Waals surface area contributed by atoms with E-state index < -0.39 is 16.1 Å². The van der Waals surface area contributed by atoms with E-state index in [1.807, 2.05) is 0 Å². The van der Waals surface area contributed by atoms with Gasteiger partial charge in [-0.05, 0) is 98.0 Å². The lowest BCUT2D eigenvalue weighted by atomic mass is 9.86. The summed E-state index contributed by atoms with van der Waals surface area (Å²) in [6, 6.07) is 43.1. The van der Waals surface area contributed by atoms with Gasteiger partial charge in [0.25, 0.3) is 0 Å². The van der Waals surface area contributed by atoms with Gasteiger partial charge in [-0.3, -0.25) is 0 Å². The second-order valence-electron chi connectivity index (χ2n) is 17.5. The van der Waals surface area contributed by atoms with Gasteiger partial charge in [0.1, 0.15) is 16.1 Å². The van der Waals surface area contributed by atoms with Gasteiger partial charge < -0.3 is 0 Å². The first-order chi connectivity index (χ1) is 22.6. The van der Waals surface area contributed by atoms with Gasteiger partial charge in [-0.15, -0.1) is 0 Å². The van der Waals surface area contributed by atoms with Crippen molar-refractivity contribution in [1.82, 2.24) is 0 Å². The molecular formula is C46H48Si2. The summed E-state index contributed by atoms with van der Waals surface area (Å²) in [7, 11) is -3.99. The number of hydrogen-bond donors (Lipinski definition) is 0. The molecule has 0 N–H and O–H groups in total. The molecule has 0 bridgehead atoms. The second kappa shape index (κ2) is 10.3. The van der Waals surface area contributed by atoms with E-state index in [1.165, 1.54) is 66.4 Å². The van der Waals surface area contributed by atoms with Gasteiger partial charge >= 0.3 is 0 Å². The maximum atomic E-state index is 2.57. The number of hydrogen-bond acceptors (Lipinski definition) is 0. The highest BCUT2D eigenvalue weighted by molar-refractivity contribution is 7.05. The molecule has 0 spiro atoms. The maximum absolute atomic E-state index is 2.57. The zero-order valence-electron chi connectivity index (χ0n) is 30.4. The molecule has 0 nitrogen and oxygen atoms in total. The lowest BCUT2D eigenvalue weighted by molar-refractivity contribution is 0.590. The minimum absolute atomic E-state index is 0.157. The van der Waals surface area contributed by atoms with Crippen molar-refractivity contribution >= 4 is 47.7 Å². The molecular weight excluding hydrogens is 609 g/mol. The Morgan fingerprint density at radius 1 is 0.333 bits per heavy atom. The molecule has 0 fully saturated rings. The molecule has 48 heavy (non-hydrogen) atoms. The summed E-state index contributed by atoms with van der Waals surface area (Å²) in [6.45, 7) is 24.0. The van der Waals surface area contributed by atoms with E-state index >= 15 is 0 Å². The van der Waals surface area contributed by atoms with E-state index in [9.17, 15) is 0 Å². The van der Waals surface area contributed by atoms with Crippen LogP contribution in [0.5, 0.6) is 0 Å². The molecule has 0 saturated heterocycles. The Balaban J connectivity index is 1.27. The monoisotopic (exact) mass is 656 g/mol. The molecule has 2 aliphatic rings. The fraction of sp³-hybridized carbons (Fsp3) is 0.261. The van der Waals surface area contributed by atoms with E-state index in [2.05, 4.69) is 177 Å². The van der Waals surface area contributed by atoms with Crippen LogP contribution in [0.4, 0.5) is 0 Å². The van der Waals surface area contributed by atoms with Crippen molar-refractivity contribution in [3.05, 3.63) is 120 Å². The van der Waals surface area contributed by atoms with E-state index in [0.717, 1.165) is 0 Å². The summed E-state index contributed by atoms with van der Waals surface area (Å²) in [5, 5.41) is 9.37. The lowest BCUT2D eigenvalue weighted by Crippen LogP contribution is -2.59. The Morgan fingerprint density at radius 2 is 0.646 bits per heavy atom. The number of fused-ring (bicyclic) bond motifs is 4. The van der Waals surface area contributed by atoms with Gasteiger partial charge in [-0.25, -0.2) is 0 Å². The van der Waals surface area contributed by atoms with Gasteiger partial charge in [-0.2, -0.15) is 0 Å². The van der Waals surface area contributed by atoms with Crippen molar-refractivity contribution < 1.29 is 0 Å². The molecule has 6 aromatic rings. The quantitative estimate of drug-likeness (QED) is 0.163. The Labute approximate surface area is 289 Å². The van der Waals surface area contributed by atoms with Crippen molar-refractivity contribution in [2.45, 2.75) is 78.6 Å². The van der Waals surface area contributed by atoms with Crippen molar-refractivity contribution in [3.8, 4) is 44.5 Å². The van der Waals surface area contributed by atoms with Crippen LogP contribution >= 0.6 is 0 Å². The fourth-order valence-corrected chi connectivity index (χ4v) is 14.7. The minimum atomic E-state index is -2.00. The highest BCUT2D eigenvalue weighted by Crippen LogP contribution is 2.42. The van der Waals surface area contributed by atoms with Gasteiger partial charge in [0.2, 0.25) is 0 Å². The molecule has 0 radical (unpaired) electrons. The third kappa shape index (κ3) is 4.60. The highest BCUT2D eigenvalue weighted by Gasteiger charge is 2.41. The Morgan fingerprint density at radius 3 is 0.979 bits per heavy atom. The molecule has 6 aromatic carbocycles. The van der Waals surface area contributed by atoms with Crippen molar-refractivity contribution in [2.75, 3.05) is 0 Å². The standard InChI is InChI=1S/C46H48Si2/c1-45(2,3)33-17-11-29(12-18-33)31-15-21-35-37-23-24-38-36-22-16-32(30-13-19-34(20-14-30)46(4,5)6)28-42(36)48(9,10)40-26-25-39(43(37)44(38)40)47(7,8)41(35)27-31/h11-28H,1-10H3. The number of benzene rings is 6. The molecule has 0 unspecified atom stereocenters. The van der Waals surface area contributed by atoms with Crippen LogP contribution in [0.15, 0.2) is 109 Å². The van der Waals surface area contributed by atoms with Crippen molar-refractivity contribution in [1.29, 1.82) is 0 Å². The summed E-state index contributed by atoms with van der Waals surface area (Å²) < 4.78 is 0. The molecule has 8 rings (SSSR count). The van der Waals surface area contributed by atoms with E-state index in [4.69, 9.17) is 0 Å². The molecule has 0 aliphatic carbocycles. The predicted octanol–water partition coefficient (Wildman–Crippen LogP) is 10.4. The highest BCUT2D eigenvalue weighted by atomic mass is 28.3. The van der Waals surface area contributed by atoms with Gasteiger partial charge in [-0.1, -0.05) is 177 Å². The largest absolute Gasteiger partial charge is 0.113 e. The van der Waals surface area contributed by atoms with Gasteiger partial charge in [0.05, 0.1) is 0 Å². The predicted molar refractivity (Wildman–Crippen MR) is 217 cm³/mol. The van der Waals surface area contributed by atoms with Crippen LogP contribution in [0.25, 0.3) is 55.3 Å². The lowest BCUT2D eigenvalue weighted by Gasteiger charge is -2.39. The average Bonchev–Trinajstić information content (AvgIpc) is 3.05. The second-order valence-corrected chi connectivity index (χ2v) is 26.2. The first kappa shape index (κ1) is 31.3. The molecule has 2 aliphatic heterocycles. The first-order valence-electron chi connectivity index (χ1n) is 17.7. The van der Waals surface area contributed by atoms with Crippen LogP contribution in [-0.2, 0) is 10.8 Å². The van der Waals surface area contributed by atoms with Crippen LogP contribution in [0.1, 0.15) is 52.7 Å². The van der Waals surface area contributed by atoms with Crippen LogP contribution in [0, 0.1) is 0 Å². The molecule has 240 valence electrons. The van der Waals surface area contributed by atoms with Crippen LogP contribution in [-0.4, -0.2) is 16.1 Å². The van der Waals surface area contributed by atoms with E-state index in [0.29, 0.717) is 0 Å². The third-order valence-corrected chi connectivity index (χ3v) is 18.7. The Kier molecular flexibility index (Phi) is 6.69. The van der Waals surface area contributed by atoms with Crippen molar-refractivity contribution in [3.63, 3.8) is 0 Å². The molecule has 0 saturated carbocycles. The minimum Gasteiger partial charge on any atom is -0.0620 e. The van der Waals surface area contributed by atoms with Crippen LogP contribution < -0.4 is 20.7 Å². The SMILES string of the molecule is CC(C)(C)c1ccc(-c2ccc3c(c2)[Si](C)(C)c2ccc4c5c(ccc-3c25)-c2ccc(-c3ccc(C(C)(C)C)cc3)cc2[Si]4(C)C)cc1. The van der Waals surface area contributed by atoms with E-state index in [1.54, 1.807) is 20.7 Å². The molecule has 2 heteroatoms. The molecule has 0 atom stereocenters. The summed E-state index contributed by atoms with van der Waals surface area (Å²) >= 11 is 0. The van der Waals surface area contributed by atoms with E-state index in [-0.39, 0.29) is 10.8 Å². The summed E-state index contributed by atoms with van der Waals surface area (Å²) in [5.74, 6) is 0. The molecule has 2 heterocycles. The van der Waals surface area contributed by atoms with Gasteiger partial charge in [0, 0.05) is 0 Å². The number of rotatable bonds is 2. The fourth-order valence-electron chi connectivity index (χ4n) is 8.55. The zero-order chi connectivity index (χ0) is 34.0.